The third-order valence-electron chi connectivity index (χ3n) is 3.22. The van der Waals surface area contributed by atoms with Gasteiger partial charge in [-0.3, -0.25) is 0 Å². The van der Waals surface area contributed by atoms with Gasteiger partial charge in [0.1, 0.15) is 11.6 Å². The molecule has 5 heteroatoms. The molecule has 2 aromatic carbocycles. The maximum absolute atomic E-state index is 13.9. The van der Waals surface area contributed by atoms with Crippen LogP contribution in [0.1, 0.15) is 5.56 Å². The first-order valence-corrected chi connectivity index (χ1v) is 6.68. The van der Waals surface area contributed by atoms with Gasteiger partial charge >= 0.3 is 0 Å². The summed E-state index contributed by atoms with van der Waals surface area (Å²) in [5, 5.41) is 12.5. The van der Waals surface area contributed by atoms with Crippen LogP contribution < -0.4 is 15.8 Å². The van der Waals surface area contributed by atoms with Gasteiger partial charge in [-0.2, -0.15) is 0 Å². The third kappa shape index (κ3) is 3.86. The fourth-order valence-corrected chi connectivity index (χ4v) is 2.14. The Kier molecular flexibility index (Phi) is 5.00. The Morgan fingerprint density at radius 2 is 2.00 bits per heavy atom. The Morgan fingerprint density at radius 3 is 2.62 bits per heavy atom. The van der Waals surface area contributed by atoms with E-state index in [1.807, 2.05) is 30.3 Å². The Morgan fingerprint density at radius 1 is 1.29 bits per heavy atom. The van der Waals surface area contributed by atoms with Crippen LogP contribution in [0.2, 0.25) is 0 Å². The van der Waals surface area contributed by atoms with Crippen molar-refractivity contribution >= 4 is 11.4 Å². The molecule has 0 saturated heterocycles. The summed E-state index contributed by atoms with van der Waals surface area (Å²) in [5.41, 5.74) is 7.21. The van der Waals surface area contributed by atoms with E-state index >= 15 is 0 Å². The van der Waals surface area contributed by atoms with Crippen molar-refractivity contribution in [2.24, 2.45) is 0 Å². The second-order valence-corrected chi connectivity index (χ2v) is 4.79. The number of nitrogen functional groups attached to an aromatic ring is 1. The normalized spacial score (nSPS) is 12.0. The molecule has 1 unspecified atom stereocenters. The van der Waals surface area contributed by atoms with Gasteiger partial charge in [0.2, 0.25) is 0 Å². The van der Waals surface area contributed by atoms with E-state index in [-0.39, 0.29) is 24.0 Å². The monoisotopic (exact) mass is 290 g/mol. The first kappa shape index (κ1) is 15.1. The first-order valence-electron chi connectivity index (χ1n) is 6.68. The summed E-state index contributed by atoms with van der Waals surface area (Å²) in [4.78, 5) is 0. The molecule has 1 atom stereocenters. The molecule has 2 rings (SSSR count). The maximum atomic E-state index is 13.9. The molecule has 112 valence electrons. The number of nitrogens with one attached hydrogen (secondary N) is 1. The standard InChI is InChI=1S/C16H19FN2O2/c1-21-16-9-15(13(17)8-14(16)18)19-12(10-20)7-11-5-3-2-4-6-11/h2-6,8-9,12,19-20H,7,10,18H2,1H3. The minimum atomic E-state index is -0.472. The quantitative estimate of drug-likeness (QED) is 0.715. The minimum absolute atomic E-state index is 0.110. The van der Waals surface area contributed by atoms with E-state index in [0.29, 0.717) is 12.2 Å². The predicted octanol–water partition coefficient (Wildman–Crippen LogP) is 2.43. The SMILES string of the molecule is COc1cc(NC(CO)Cc2ccccc2)c(F)cc1N. The van der Waals surface area contributed by atoms with Crippen LogP contribution in [0.4, 0.5) is 15.8 Å². The third-order valence-corrected chi connectivity index (χ3v) is 3.22. The van der Waals surface area contributed by atoms with Gasteiger partial charge in [0.05, 0.1) is 31.1 Å². The molecule has 0 fully saturated rings. The molecule has 0 bridgehead atoms. The fourth-order valence-electron chi connectivity index (χ4n) is 2.14. The topological polar surface area (TPSA) is 67.5 Å². The zero-order valence-corrected chi connectivity index (χ0v) is 11.8. The van der Waals surface area contributed by atoms with Gasteiger partial charge in [0.25, 0.3) is 0 Å². The molecule has 0 heterocycles. The van der Waals surface area contributed by atoms with Crippen molar-refractivity contribution < 1.29 is 14.2 Å². The van der Waals surface area contributed by atoms with Gasteiger partial charge in [-0.1, -0.05) is 30.3 Å². The van der Waals surface area contributed by atoms with E-state index in [1.165, 1.54) is 19.2 Å². The Labute approximate surface area is 123 Å². The second-order valence-electron chi connectivity index (χ2n) is 4.79. The Balaban J connectivity index is 2.15. The average molecular weight is 290 g/mol. The van der Waals surface area contributed by atoms with Gasteiger partial charge in [-0.15, -0.1) is 0 Å². The van der Waals surface area contributed by atoms with Crippen molar-refractivity contribution in [2.45, 2.75) is 12.5 Å². The largest absolute Gasteiger partial charge is 0.495 e. The van der Waals surface area contributed by atoms with Gasteiger partial charge < -0.3 is 20.9 Å². The van der Waals surface area contributed by atoms with E-state index in [9.17, 15) is 9.50 Å². The van der Waals surface area contributed by atoms with Gasteiger partial charge in [-0.05, 0) is 12.0 Å². The number of ether oxygens (including phenoxy) is 1. The zero-order chi connectivity index (χ0) is 15.2. The molecule has 0 aromatic heterocycles. The van der Waals surface area contributed by atoms with Crippen LogP contribution >= 0.6 is 0 Å². The molecule has 0 aliphatic heterocycles. The van der Waals surface area contributed by atoms with Crippen molar-refractivity contribution in [1.29, 1.82) is 0 Å². The van der Waals surface area contributed by atoms with Crippen molar-refractivity contribution in [2.75, 3.05) is 24.8 Å². The van der Waals surface area contributed by atoms with Crippen LogP contribution in [0.25, 0.3) is 0 Å². The van der Waals surface area contributed by atoms with Gasteiger partial charge in [-0.25, -0.2) is 4.39 Å². The van der Waals surface area contributed by atoms with Crippen molar-refractivity contribution in [1.82, 2.24) is 0 Å². The number of aliphatic hydroxyl groups is 1. The van der Waals surface area contributed by atoms with Crippen LogP contribution in [-0.4, -0.2) is 24.9 Å². The fraction of sp³-hybridized carbons (Fsp3) is 0.250. The van der Waals surface area contributed by atoms with E-state index in [1.54, 1.807) is 0 Å². The number of halogens is 1. The van der Waals surface area contributed by atoms with Gasteiger partial charge in [0.15, 0.2) is 0 Å². The van der Waals surface area contributed by atoms with Crippen LogP contribution in [-0.2, 0) is 6.42 Å². The van der Waals surface area contributed by atoms with Crippen molar-refractivity contribution in [3.8, 4) is 5.75 Å². The lowest BCUT2D eigenvalue weighted by atomic mass is 10.1. The Bertz CT molecular complexity index is 590. The molecular formula is C16H19FN2O2. The molecule has 0 aliphatic carbocycles. The molecule has 2 aromatic rings. The number of nitrogens with two attached hydrogens (primary N) is 1. The smallest absolute Gasteiger partial charge is 0.148 e. The summed E-state index contributed by atoms with van der Waals surface area (Å²) in [6.07, 6.45) is 0.587. The second kappa shape index (κ2) is 6.95. The van der Waals surface area contributed by atoms with Crippen LogP contribution in [0.5, 0.6) is 5.75 Å². The number of methoxy groups -OCH3 is 1. The molecule has 21 heavy (non-hydrogen) atoms. The molecule has 4 nitrogen and oxygen atoms in total. The molecule has 0 spiro atoms. The van der Waals surface area contributed by atoms with Crippen LogP contribution in [0.15, 0.2) is 42.5 Å². The molecule has 4 N–H and O–H groups in total. The van der Waals surface area contributed by atoms with Crippen LogP contribution in [0.3, 0.4) is 0 Å². The summed E-state index contributed by atoms with van der Waals surface area (Å²) >= 11 is 0. The van der Waals surface area contributed by atoms with E-state index in [4.69, 9.17) is 10.5 Å². The average Bonchev–Trinajstić information content (AvgIpc) is 2.50. The molecule has 0 saturated carbocycles. The summed E-state index contributed by atoms with van der Waals surface area (Å²) in [6.45, 7) is -0.110. The number of anilines is 2. The highest BCUT2D eigenvalue weighted by Crippen LogP contribution is 2.28. The van der Waals surface area contributed by atoms with Crippen molar-refractivity contribution in [3.63, 3.8) is 0 Å². The molecular weight excluding hydrogens is 271 g/mol. The zero-order valence-electron chi connectivity index (χ0n) is 11.8. The Hall–Kier alpha value is -2.27. The molecule has 0 aliphatic rings. The lowest BCUT2D eigenvalue weighted by Crippen LogP contribution is -2.27. The predicted molar refractivity (Wildman–Crippen MR) is 82.0 cm³/mol. The number of hydrogen-bond acceptors (Lipinski definition) is 4. The number of benzene rings is 2. The number of aliphatic hydroxyl groups excluding tert-OH is 1. The first-order chi connectivity index (χ1) is 10.1. The van der Waals surface area contributed by atoms with Crippen molar-refractivity contribution in [3.05, 3.63) is 53.8 Å². The number of rotatable bonds is 6. The summed E-state index contributed by atoms with van der Waals surface area (Å²) in [5.74, 6) is -0.0740. The lowest BCUT2D eigenvalue weighted by molar-refractivity contribution is 0.273. The van der Waals surface area contributed by atoms with E-state index < -0.39 is 5.82 Å². The van der Waals surface area contributed by atoms with E-state index in [2.05, 4.69) is 5.32 Å². The van der Waals surface area contributed by atoms with E-state index in [0.717, 1.165) is 5.56 Å². The van der Waals surface area contributed by atoms with Crippen LogP contribution in [0, 0.1) is 5.82 Å². The maximum Gasteiger partial charge on any atom is 0.148 e. The molecule has 0 amide bonds. The summed E-state index contributed by atoms with van der Waals surface area (Å²) in [7, 11) is 1.47. The summed E-state index contributed by atoms with van der Waals surface area (Å²) < 4.78 is 19.0. The summed E-state index contributed by atoms with van der Waals surface area (Å²) in [6, 6.07) is 12.1. The highest BCUT2D eigenvalue weighted by Gasteiger charge is 2.13. The number of hydrogen-bond donors (Lipinski definition) is 3. The lowest BCUT2D eigenvalue weighted by Gasteiger charge is -2.19. The minimum Gasteiger partial charge on any atom is -0.495 e. The highest BCUT2D eigenvalue weighted by atomic mass is 19.1. The molecule has 0 radical (unpaired) electrons. The highest BCUT2D eigenvalue weighted by molar-refractivity contribution is 5.62. The van der Waals surface area contributed by atoms with Gasteiger partial charge in [0, 0.05) is 12.1 Å².